The van der Waals surface area contributed by atoms with Gasteiger partial charge in [-0.3, -0.25) is 0 Å². The molecule has 66 valence electrons. The number of carbonyl (C=O) groups is 1. The molecule has 11 heavy (non-hydrogen) atoms. The topological polar surface area (TPSA) is 38.3 Å². The molecule has 0 amide bonds. The van der Waals surface area contributed by atoms with E-state index < -0.39 is 0 Å². The molecule has 1 atom stereocenters. The summed E-state index contributed by atoms with van der Waals surface area (Å²) in [5.74, 6) is 0. The van der Waals surface area contributed by atoms with Gasteiger partial charge >= 0.3 is 0 Å². The maximum atomic E-state index is 10.4. The van der Waals surface area contributed by atoms with E-state index in [1.54, 1.807) is 0 Å². The van der Waals surface area contributed by atoms with Crippen molar-refractivity contribution < 1.29 is 9.63 Å². The van der Waals surface area contributed by atoms with E-state index in [2.05, 4.69) is 12.4 Å². The zero-order chi connectivity index (χ0) is 8.53. The minimum Gasteiger partial charge on any atom is -0.302 e. The third-order valence-electron chi connectivity index (χ3n) is 1.41. The zero-order valence-electron chi connectivity index (χ0n) is 7.30. The number of hydrogen-bond acceptors (Lipinski definition) is 3. The summed E-state index contributed by atoms with van der Waals surface area (Å²) in [4.78, 5) is 15.3. The first-order valence-electron chi connectivity index (χ1n) is 4.17. The molecule has 3 heteroatoms. The molecule has 0 aliphatic carbocycles. The van der Waals surface area contributed by atoms with E-state index in [1.165, 1.54) is 0 Å². The first-order valence-corrected chi connectivity index (χ1v) is 4.17. The Bertz CT molecular complexity index is 88.1. The van der Waals surface area contributed by atoms with Crippen molar-refractivity contribution in [2.45, 2.75) is 39.2 Å². The Kier molecular flexibility index (Phi) is 7.41. The van der Waals surface area contributed by atoms with Gasteiger partial charge in [0.2, 0.25) is 0 Å². The Balaban J connectivity index is 3.33. The summed E-state index contributed by atoms with van der Waals surface area (Å²) in [6.45, 7) is 4.58. The van der Waals surface area contributed by atoms with Gasteiger partial charge in [-0.05, 0) is 13.3 Å². The van der Waals surface area contributed by atoms with Gasteiger partial charge in [-0.15, -0.1) is 0 Å². The van der Waals surface area contributed by atoms with Crippen molar-refractivity contribution in [1.29, 1.82) is 0 Å². The van der Waals surface area contributed by atoms with Gasteiger partial charge in [-0.25, -0.2) is 0 Å². The Hall–Kier alpha value is -0.410. The first kappa shape index (κ1) is 10.6. The molecule has 0 fully saturated rings. The fraction of sp³-hybridized carbons (Fsp3) is 0.875. The van der Waals surface area contributed by atoms with Crippen LogP contribution >= 0.6 is 0 Å². The number of hydroxylamine groups is 1. The van der Waals surface area contributed by atoms with Crippen LogP contribution in [0.2, 0.25) is 0 Å². The first-order chi connectivity index (χ1) is 5.35. The van der Waals surface area contributed by atoms with Crippen molar-refractivity contribution in [3.8, 4) is 0 Å². The largest absolute Gasteiger partial charge is 0.302 e. The smallest absolute Gasteiger partial charge is 0.139 e. The van der Waals surface area contributed by atoms with Crippen LogP contribution in [-0.4, -0.2) is 18.9 Å². The van der Waals surface area contributed by atoms with Gasteiger partial charge < -0.3 is 9.63 Å². The van der Waals surface area contributed by atoms with Crippen LogP contribution in [0.3, 0.4) is 0 Å². The summed E-state index contributed by atoms with van der Waals surface area (Å²) in [6, 6.07) is -0.130. The standard InChI is InChI=1S/C8H17NO2/c1-3-5-6-8(7-10)9-11-4-2/h7-9H,3-6H2,1-2H3/t8-/m0/s1. The molecule has 0 aliphatic rings. The number of rotatable bonds is 7. The lowest BCUT2D eigenvalue weighted by Gasteiger charge is -2.10. The SMILES string of the molecule is CCCC[C@@H](C=O)NOCC. The second-order valence-corrected chi connectivity index (χ2v) is 2.44. The summed E-state index contributed by atoms with van der Waals surface area (Å²) in [6.07, 6.45) is 3.92. The van der Waals surface area contributed by atoms with Gasteiger partial charge in [0.25, 0.3) is 0 Å². The highest BCUT2D eigenvalue weighted by atomic mass is 16.6. The van der Waals surface area contributed by atoms with Crippen LogP contribution in [0, 0.1) is 0 Å². The predicted molar refractivity (Wildman–Crippen MR) is 44.1 cm³/mol. The third kappa shape index (κ3) is 6.01. The number of carbonyl (C=O) groups excluding carboxylic acids is 1. The molecule has 0 aromatic carbocycles. The molecule has 0 saturated heterocycles. The number of unbranched alkanes of at least 4 members (excludes halogenated alkanes) is 1. The van der Waals surface area contributed by atoms with Crippen molar-refractivity contribution >= 4 is 6.29 Å². The summed E-state index contributed by atoms with van der Waals surface area (Å²) in [5.41, 5.74) is 2.69. The minimum absolute atomic E-state index is 0.130. The average molecular weight is 159 g/mol. The van der Waals surface area contributed by atoms with E-state index in [0.29, 0.717) is 6.61 Å². The molecule has 0 aromatic rings. The van der Waals surface area contributed by atoms with Crippen LogP contribution in [0.15, 0.2) is 0 Å². The van der Waals surface area contributed by atoms with E-state index in [9.17, 15) is 4.79 Å². The van der Waals surface area contributed by atoms with Crippen molar-refractivity contribution in [3.63, 3.8) is 0 Å². The van der Waals surface area contributed by atoms with Gasteiger partial charge in [0.05, 0.1) is 12.6 Å². The molecule has 0 bridgehead atoms. The number of nitrogens with one attached hydrogen (secondary N) is 1. The molecule has 0 heterocycles. The van der Waals surface area contributed by atoms with Gasteiger partial charge in [-0.1, -0.05) is 19.8 Å². The van der Waals surface area contributed by atoms with E-state index in [4.69, 9.17) is 4.84 Å². The Morgan fingerprint density at radius 3 is 2.73 bits per heavy atom. The molecule has 0 unspecified atom stereocenters. The summed E-state index contributed by atoms with van der Waals surface area (Å²) in [5, 5.41) is 0. The molecule has 0 radical (unpaired) electrons. The van der Waals surface area contributed by atoms with Crippen LogP contribution in [0.1, 0.15) is 33.1 Å². The lowest BCUT2D eigenvalue weighted by molar-refractivity contribution is -0.113. The van der Waals surface area contributed by atoms with Crippen molar-refractivity contribution in [1.82, 2.24) is 5.48 Å². The van der Waals surface area contributed by atoms with E-state index in [0.717, 1.165) is 25.5 Å². The van der Waals surface area contributed by atoms with E-state index >= 15 is 0 Å². The summed E-state index contributed by atoms with van der Waals surface area (Å²) in [7, 11) is 0. The van der Waals surface area contributed by atoms with Crippen LogP contribution < -0.4 is 5.48 Å². The van der Waals surface area contributed by atoms with Gasteiger partial charge in [-0.2, -0.15) is 5.48 Å². The maximum absolute atomic E-state index is 10.4. The van der Waals surface area contributed by atoms with Crippen molar-refractivity contribution in [3.05, 3.63) is 0 Å². The summed E-state index contributed by atoms with van der Waals surface area (Å²) < 4.78 is 0. The molecule has 0 aromatic heterocycles. The van der Waals surface area contributed by atoms with Gasteiger partial charge in [0, 0.05) is 0 Å². The molecule has 0 spiro atoms. The second kappa shape index (κ2) is 7.69. The monoisotopic (exact) mass is 159 g/mol. The molecule has 3 nitrogen and oxygen atoms in total. The van der Waals surface area contributed by atoms with E-state index in [-0.39, 0.29) is 6.04 Å². The van der Waals surface area contributed by atoms with Crippen molar-refractivity contribution in [2.24, 2.45) is 0 Å². The highest BCUT2D eigenvalue weighted by Crippen LogP contribution is 1.97. The third-order valence-corrected chi connectivity index (χ3v) is 1.41. The van der Waals surface area contributed by atoms with Crippen molar-refractivity contribution in [2.75, 3.05) is 6.61 Å². The fourth-order valence-electron chi connectivity index (χ4n) is 0.769. The summed E-state index contributed by atoms with van der Waals surface area (Å²) >= 11 is 0. The molecule has 0 aliphatic heterocycles. The maximum Gasteiger partial charge on any atom is 0.139 e. The molecular weight excluding hydrogens is 142 g/mol. The van der Waals surface area contributed by atoms with Crippen LogP contribution in [0.5, 0.6) is 0 Å². The molecule has 1 N–H and O–H groups in total. The van der Waals surface area contributed by atoms with Gasteiger partial charge in [0.15, 0.2) is 0 Å². The average Bonchev–Trinajstić information content (AvgIpc) is 2.05. The second-order valence-electron chi connectivity index (χ2n) is 2.44. The van der Waals surface area contributed by atoms with Crippen LogP contribution in [0.4, 0.5) is 0 Å². The lowest BCUT2D eigenvalue weighted by atomic mass is 10.1. The lowest BCUT2D eigenvalue weighted by Crippen LogP contribution is -2.30. The van der Waals surface area contributed by atoms with Gasteiger partial charge in [0.1, 0.15) is 6.29 Å². The highest BCUT2D eigenvalue weighted by Gasteiger charge is 2.03. The number of aldehydes is 1. The molecule has 0 rings (SSSR count). The molecule has 0 saturated carbocycles. The van der Waals surface area contributed by atoms with Crippen LogP contribution in [0.25, 0.3) is 0 Å². The van der Waals surface area contributed by atoms with E-state index in [1.807, 2.05) is 6.92 Å². The Morgan fingerprint density at radius 1 is 1.55 bits per heavy atom. The Labute approximate surface area is 68.1 Å². The predicted octanol–water partition coefficient (Wildman–Crippen LogP) is 1.29. The molecular formula is C8H17NO2. The zero-order valence-corrected chi connectivity index (χ0v) is 7.30. The number of hydrogen-bond donors (Lipinski definition) is 1. The fourth-order valence-corrected chi connectivity index (χ4v) is 0.769. The highest BCUT2D eigenvalue weighted by molar-refractivity contribution is 5.56. The van der Waals surface area contributed by atoms with Crippen LogP contribution in [-0.2, 0) is 9.63 Å². The minimum atomic E-state index is -0.130. The normalized spacial score (nSPS) is 12.9. The Morgan fingerprint density at radius 2 is 2.27 bits per heavy atom. The quantitative estimate of drug-likeness (QED) is 0.449.